The summed E-state index contributed by atoms with van der Waals surface area (Å²) in [7, 11) is 1.68. The number of aryl methyl sites for hydroxylation is 1. The number of amides is 1. The van der Waals surface area contributed by atoms with Gasteiger partial charge in [0.2, 0.25) is 0 Å². The summed E-state index contributed by atoms with van der Waals surface area (Å²) < 4.78 is 5.43. The van der Waals surface area contributed by atoms with Crippen molar-refractivity contribution >= 4 is 11.7 Å². The molecule has 6 heteroatoms. The smallest absolute Gasteiger partial charge is 0.257 e. The van der Waals surface area contributed by atoms with Gasteiger partial charge in [-0.05, 0) is 26.2 Å². The van der Waals surface area contributed by atoms with Gasteiger partial charge in [0.05, 0.1) is 5.60 Å². The molecule has 0 aromatic carbocycles. The summed E-state index contributed by atoms with van der Waals surface area (Å²) in [5.41, 5.74) is 6.55. The van der Waals surface area contributed by atoms with Gasteiger partial charge in [-0.1, -0.05) is 0 Å². The number of hydrogen-bond acceptors (Lipinski definition) is 4. The fourth-order valence-corrected chi connectivity index (χ4v) is 2.09. The largest absolute Gasteiger partial charge is 0.382 e. The van der Waals surface area contributed by atoms with E-state index in [0.717, 1.165) is 19.3 Å². The molecule has 1 saturated carbocycles. The molecule has 17 heavy (non-hydrogen) atoms. The fraction of sp³-hybridized carbons (Fsp3) is 0.636. The van der Waals surface area contributed by atoms with Crippen LogP contribution in [0.15, 0.2) is 0 Å². The SMILES string of the molecule is COC1(CNC(=O)c2c(N)n[nH]c2C)CCC1. The predicted octanol–water partition coefficient (Wildman–Crippen LogP) is 0.599. The van der Waals surface area contributed by atoms with Crippen molar-refractivity contribution in [2.24, 2.45) is 0 Å². The summed E-state index contributed by atoms with van der Waals surface area (Å²) in [6, 6.07) is 0. The minimum atomic E-state index is -0.197. The first-order valence-corrected chi connectivity index (χ1v) is 5.72. The molecule has 4 N–H and O–H groups in total. The normalized spacial score (nSPS) is 17.5. The molecule has 6 nitrogen and oxygen atoms in total. The zero-order valence-corrected chi connectivity index (χ0v) is 10.2. The maximum Gasteiger partial charge on any atom is 0.257 e. The van der Waals surface area contributed by atoms with Gasteiger partial charge in [-0.2, -0.15) is 5.10 Å². The van der Waals surface area contributed by atoms with E-state index in [9.17, 15) is 4.79 Å². The summed E-state index contributed by atoms with van der Waals surface area (Å²) in [5.74, 6) is 0.0390. The summed E-state index contributed by atoms with van der Waals surface area (Å²) in [6.07, 6.45) is 3.13. The first-order valence-electron chi connectivity index (χ1n) is 5.72. The monoisotopic (exact) mass is 238 g/mol. The number of H-pyrrole nitrogens is 1. The number of nitrogens with one attached hydrogen (secondary N) is 2. The van der Waals surface area contributed by atoms with Crippen molar-refractivity contribution in [2.75, 3.05) is 19.4 Å². The van der Waals surface area contributed by atoms with Crippen molar-refractivity contribution in [3.63, 3.8) is 0 Å². The highest BCUT2D eigenvalue weighted by Crippen LogP contribution is 2.34. The molecule has 0 saturated heterocycles. The molecule has 1 amide bonds. The Morgan fingerprint density at radius 2 is 2.35 bits per heavy atom. The molecule has 1 heterocycles. The van der Waals surface area contributed by atoms with Crippen LogP contribution in [0.1, 0.15) is 35.3 Å². The van der Waals surface area contributed by atoms with Crippen LogP contribution in [0.5, 0.6) is 0 Å². The molecule has 1 fully saturated rings. The third-order valence-corrected chi connectivity index (χ3v) is 3.47. The number of hydrogen-bond donors (Lipinski definition) is 3. The average molecular weight is 238 g/mol. The lowest BCUT2D eigenvalue weighted by Crippen LogP contribution is -2.49. The Bertz CT molecular complexity index is 398. The average Bonchev–Trinajstić information content (AvgIpc) is 2.57. The van der Waals surface area contributed by atoms with Crippen molar-refractivity contribution < 1.29 is 9.53 Å². The lowest BCUT2D eigenvalue weighted by Gasteiger charge is -2.40. The van der Waals surface area contributed by atoms with Crippen LogP contribution in [0.4, 0.5) is 5.82 Å². The van der Waals surface area contributed by atoms with Crippen molar-refractivity contribution in [1.82, 2.24) is 15.5 Å². The Kier molecular flexibility index (Phi) is 3.06. The summed E-state index contributed by atoms with van der Waals surface area (Å²) >= 11 is 0. The van der Waals surface area contributed by atoms with Gasteiger partial charge in [-0.25, -0.2) is 0 Å². The molecule has 0 radical (unpaired) electrons. The van der Waals surface area contributed by atoms with Gasteiger partial charge in [0, 0.05) is 19.3 Å². The third kappa shape index (κ3) is 2.12. The fourth-order valence-electron chi connectivity index (χ4n) is 2.09. The van der Waals surface area contributed by atoms with Crippen molar-refractivity contribution in [1.29, 1.82) is 0 Å². The second-order valence-corrected chi connectivity index (χ2v) is 4.53. The Morgan fingerprint density at radius 1 is 1.65 bits per heavy atom. The van der Waals surface area contributed by atoms with Crippen LogP contribution >= 0.6 is 0 Å². The highest BCUT2D eigenvalue weighted by Gasteiger charge is 2.37. The van der Waals surface area contributed by atoms with E-state index in [-0.39, 0.29) is 17.3 Å². The van der Waals surface area contributed by atoms with Gasteiger partial charge in [0.15, 0.2) is 5.82 Å². The highest BCUT2D eigenvalue weighted by molar-refractivity contribution is 5.99. The molecule has 1 aromatic rings. The molecule has 0 aliphatic heterocycles. The Hall–Kier alpha value is -1.56. The van der Waals surface area contributed by atoms with Crippen molar-refractivity contribution in [2.45, 2.75) is 31.8 Å². The summed E-state index contributed by atoms with van der Waals surface area (Å²) in [5, 5.41) is 9.34. The minimum Gasteiger partial charge on any atom is -0.382 e. The Labute approximate surface area is 99.9 Å². The molecule has 1 aliphatic carbocycles. The van der Waals surface area contributed by atoms with Gasteiger partial charge in [0.1, 0.15) is 5.56 Å². The molecule has 0 spiro atoms. The van der Waals surface area contributed by atoms with E-state index in [2.05, 4.69) is 15.5 Å². The Morgan fingerprint density at radius 3 is 2.76 bits per heavy atom. The van der Waals surface area contributed by atoms with E-state index in [1.54, 1.807) is 14.0 Å². The van der Waals surface area contributed by atoms with E-state index in [0.29, 0.717) is 17.8 Å². The minimum absolute atomic E-state index is 0.179. The predicted molar refractivity (Wildman–Crippen MR) is 63.7 cm³/mol. The lowest BCUT2D eigenvalue weighted by molar-refractivity contribution is -0.0679. The first-order chi connectivity index (χ1) is 8.08. The number of carbonyl (C=O) groups is 1. The van der Waals surface area contributed by atoms with Crippen molar-refractivity contribution in [3.05, 3.63) is 11.3 Å². The van der Waals surface area contributed by atoms with Crippen LogP contribution in [0.3, 0.4) is 0 Å². The number of nitrogens with zero attached hydrogens (tertiary/aromatic N) is 1. The maximum absolute atomic E-state index is 11.9. The molecule has 94 valence electrons. The van der Waals surface area contributed by atoms with Gasteiger partial charge >= 0.3 is 0 Å². The van der Waals surface area contributed by atoms with E-state index in [1.807, 2.05) is 0 Å². The van der Waals surface area contributed by atoms with E-state index in [4.69, 9.17) is 10.5 Å². The second kappa shape index (κ2) is 4.37. The molecular weight excluding hydrogens is 220 g/mol. The number of methoxy groups -OCH3 is 1. The molecule has 0 bridgehead atoms. The van der Waals surface area contributed by atoms with Crippen LogP contribution in [0.25, 0.3) is 0 Å². The number of aromatic amines is 1. The molecule has 1 aliphatic rings. The van der Waals surface area contributed by atoms with E-state index >= 15 is 0 Å². The highest BCUT2D eigenvalue weighted by atomic mass is 16.5. The van der Waals surface area contributed by atoms with E-state index in [1.165, 1.54) is 0 Å². The van der Waals surface area contributed by atoms with Gasteiger partial charge in [0.25, 0.3) is 5.91 Å². The van der Waals surface area contributed by atoms with Gasteiger partial charge < -0.3 is 15.8 Å². The number of rotatable bonds is 4. The Balaban J connectivity index is 1.98. The number of nitrogens with two attached hydrogens (primary N) is 1. The number of nitrogen functional groups attached to an aromatic ring is 1. The molecule has 2 rings (SSSR count). The molecular formula is C11H18N4O2. The van der Waals surface area contributed by atoms with Crippen LogP contribution in [0.2, 0.25) is 0 Å². The van der Waals surface area contributed by atoms with Crippen LogP contribution in [0, 0.1) is 6.92 Å². The summed E-state index contributed by atoms with van der Waals surface area (Å²) in [4.78, 5) is 11.9. The topological polar surface area (TPSA) is 93.0 Å². The maximum atomic E-state index is 11.9. The standard InChI is InChI=1S/C11H18N4O2/c1-7-8(9(12)15-14-7)10(16)13-6-11(17-2)4-3-5-11/h3-6H2,1-2H3,(H,13,16)(H3,12,14,15). The first kappa shape index (κ1) is 11.9. The molecule has 0 atom stereocenters. The zero-order chi connectivity index (χ0) is 12.5. The lowest BCUT2D eigenvalue weighted by atomic mass is 9.80. The number of ether oxygens (including phenoxy) is 1. The van der Waals surface area contributed by atoms with Crippen molar-refractivity contribution in [3.8, 4) is 0 Å². The zero-order valence-electron chi connectivity index (χ0n) is 10.2. The van der Waals surface area contributed by atoms with Crippen LogP contribution in [-0.4, -0.2) is 35.4 Å². The third-order valence-electron chi connectivity index (χ3n) is 3.47. The molecule has 1 aromatic heterocycles. The van der Waals surface area contributed by atoms with Gasteiger partial charge in [-0.15, -0.1) is 0 Å². The van der Waals surface area contributed by atoms with Gasteiger partial charge in [-0.3, -0.25) is 9.89 Å². The summed E-state index contributed by atoms with van der Waals surface area (Å²) in [6.45, 7) is 2.29. The van der Waals surface area contributed by atoms with Crippen LogP contribution in [-0.2, 0) is 4.74 Å². The molecule has 0 unspecified atom stereocenters. The second-order valence-electron chi connectivity index (χ2n) is 4.53. The van der Waals surface area contributed by atoms with E-state index < -0.39 is 0 Å². The number of carbonyl (C=O) groups excluding carboxylic acids is 1. The van der Waals surface area contributed by atoms with Crippen LogP contribution < -0.4 is 11.1 Å². The quantitative estimate of drug-likeness (QED) is 0.716. The number of aromatic nitrogens is 2. The number of anilines is 1.